The van der Waals surface area contributed by atoms with Gasteiger partial charge in [0, 0.05) is 12.6 Å². The predicted molar refractivity (Wildman–Crippen MR) is 66.1 cm³/mol. The highest BCUT2D eigenvalue weighted by molar-refractivity contribution is 6.32. The zero-order valence-corrected chi connectivity index (χ0v) is 10.6. The van der Waals surface area contributed by atoms with E-state index in [0.29, 0.717) is 17.3 Å². The molecule has 1 aromatic carbocycles. The van der Waals surface area contributed by atoms with Gasteiger partial charge in [-0.1, -0.05) is 17.7 Å². The Bertz CT molecular complexity index is 342. The minimum atomic E-state index is -0.351. The van der Waals surface area contributed by atoms with Gasteiger partial charge in [-0.15, -0.1) is 0 Å². The van der Waals surface area contributed by atoms with Crippen LogP contribution in [-0.2, 0) is 0 Å². The summed E-state index contributed by atoms with van der Waals surface area (Å²) in [5.41, 5.74) is 1.08. The van der Waals surface area contributed by atoms with Crippen LogP contribution in [0.2, 0.25) is 5.02 Å². The fourth-order valence-corrected chi connectivity index (χ4v) is 1.68. The van der Waals surface area contributed by atoms with Gasteiger partial charge in [0.1, 0.15) is 5.75 Å². The number of benzene rings is 1. The number of halogens is 1. The van der Waals surface area contributed by atoms with E-state index in [2.05, 4.69) is 5.32 Å². The fourth-order valence-electron chi connectivity index (χ4n) is 1.42. The number of aliphatic hydroxyl groups is 1. The maximum Gasteiger partial charge on any atom is 0.137 e. The van der Waals surface area contributed by atoms with Crippen molar-refractivity contribution in [3.05, 3.63) is 28.8 Å². The van der Waals surface area contributed by atoms with Crippen molar-refractivity contribution in [2.75, 3.05) is 13.7 Å². The van der Waals surface area contributed by atoms with Crippen LogP contribution in [0.4, 0.5) is 0 Å². The van der Waals surface area contributed by atoms with Gasteiger partial charge >= 0.3 is 0 Å². The summed E-state index contributed by atoms with van der Waals surface area (Å²) < 4.78 is 5.09. The maximum atomic E-state index is 9.18. The van der Waals surface area contributed by atoms with Crippen molar-refractivity contribution in [1.82, 2.24) is 5.32 Å². The minimum Gasteiger partial charge on any atom is -0.495 e. The third kappa shape index (κ3) is 3.67. The Labute approximate surface area is 101 Å². The van der Waals surface area contributed by atoms with E-state index in [1.807, 2.05) is 25.1 Å². The number of rotatable bonds is 5. The van der Waals surface area contributed by atoms with Crippen molar-refractivity contribution in [3.63, 3.8) is 0 Å². The molecular weight excluding hydrogens is 226 g/mol. The number of hydrogen-bond acceptors (Lipinski definition) is 3. The lowest BCUT2D eigenvalue weighted by atomic mass is 10.1. The molecule has 90 valence electrons. The van der Waals surface area contributed by atoms with Crippen molar-refractivity contribution in [2.45, 2.75) is 26.0 Å². The van der Waals surface area contributed by atoms with Crippen LogP contribution >= 0.6 is 11.6 Å². The van der Waals surface area contributed by atoms with Crippen LogP contribution in [0.3, 0.4) is 0 Å². The first kappa shape index (κ1) is 13.3. The van der Waals surface area contributed by atoms with Crippen LogP contribution in [-0.4, -0.2) is 24.9 Å². The van der Waals surface area contributed by atoms with Gasteiger partial charge in [0.15, 0.2) is 0 Å². The normalized spacial score (nSPS) is 14.6. The second-order valence-corrected chi connectivity index (χ2v) is 4.28. The summed E-state index contributed by atoms with van der Waals surface area (Å²) in [7, 11) is 1.59. The summed E-state index contributed by atoms with van der Waals surface area (Å²) in [5, 5.41) is 13.0. The van der Waals surface area contributed by atoms with Gasteiger partial charge in [-0.3, -0.25) is 0 Å². The zero-order chi connectivity index (χ0) is 12.1. The Hall–Kier alpha value is -0.770. The van der Waals surface area contributed by atoms with E-state index < -0.39 is 0 Å². The first-order chi connectivity index (χ1) is 7.54. The average Bonchev–Trinajstić information content (AvgIpc) is 2.25. The Kier molecular flexibility index (Phi) is 5.06. The van der Waals surface area contributed by atoms with E-state index in [9.17, 15) is 5.11 Å². The van der Waals surface area contributed by atoms with Crippen LogP contribution in [0.5, 0.6) is 5.75 Å². The molecule has 0 spiro atoms. The highest BCUT2D eigenvalue weighted by atomic mass is 35.5. The number of methoxy groups -OCH3 is 1. The van der Waals surface area contributed by atoms with Gasteiger partial charge < -0.3 is 15.2 Å². The SMILES string of the molecule is COc1ccc(C(C)NC[C@@H](C)O)cc1Cl. The standard InChI is InChI=1S/C12H18ClNO2/c1-8(15)7-14-9(2)10-4-5-12(16-3)11(13)6-10/h4-6,8-9,14-15H,7H2,1-3H3/t8-,9?/m1/s1. The average molecular weight is 244 g/mol. The molecule has 16 heavy (non-hydrogen) atoms. The molecule has 0 aliphatic heterocycles. The zero-order valence-electron chi connectivity index (χ0n) is 9.83. The van der Waals surface area contributed by atoms with E-state index in [1.54, 1.807) is 14.0 Å². The Morgan fingerprint density at radius 1 is 1.44 bits per heavy atom. The summed E-state index contributed by atoms with van der Waals surface area (Å²) in [4.78, 5) is 0. The maximum absolute atomic E-state index is 9.18. The van der Waals surface area contributed by atoms with E-state index in [-0.39, 0.29) is 12.1 Å². The van der Waals surface area contributed by atoms with Gasteiger partial charge in [-0.25, -0.2) is 0 Å². The van der Waals surface area contributed by atoms with Crippen LogP contribution < -0.4 is 10.1 Å². The summed E-state index contributed by atoms with van der Waals surface area (Å²) in [5.74, 6) is 0.674. The van der Waals surface area contributed by atoms with E-state index in [4.69, 9.17) is 16.3 Å². The molecule has 2 atom stereocenters. The van der Waals surface area contributed by atoms with Gasteiger partial charge in [0.25, 0.3) is 0 Å². The molecule has 4 heteroatoms. The summed E-state index contributed by atoms with van der Waals surface area (Å²) in [6.07, 6.45) is -0.351. The molecule has 1 rings (SSSR count). The third-order valence-corrected chi connectivity index (χ3v) is 2.69. The summed E-state index contributed by atoms with van der Waals surface area (Å²) in [6.45, 7) is 4.34. The molecule has 0 amide bonds. The van der Waals surface area contributed by atoms with Crippen molar-refractivity contribution in [1.29, 1.82) is 0 Å². The molecule has 1 aromatic rings. The van der Waals surface area contributed by atoms with E-state index >= 15 is 0 Å². The Balaban J connectivity index is 2.69. The number of nitrogens with one attached hydrogen (secondary N) is 1. The van der Waals surface area contributed by atoms with Gasteiger partial charge in [0.2, 0.25) is 0 Å². The molecule has 0 fully saturated rings. The first-order valence-corrected chi connectivity index (χ1v) is 5.67. The number of ether oxygens (including phenoxy) is 1. The smallest absolute Gasteiger partial charge is 0.137 e. The monoisotopic (exact) mass is 243 g/mol. The molecule has 2 N–H and O–H groups in total. The first-order valence-electron chi connectivity index (χ1n) is 5.29. The van der Waals surface area contributed by atoms with Crippen LogP contribution in [0.25, 0.3) is 0 Å². The summed E-state index contributed by atoms with van der Waals surface area (Å²) in [6, 6.07) is 5.83. The summed E-state index contributed by atoms with van der Waals surface area (Å²) >= 11 is 6.03. The lowest BCUT2D eigenvalue weighted by Gasteiger charge is -2.16. The quantitative estimate of drug-likeness (QED) is 0.835. The van der Waals surface area contributed by atoms with Crippen molar-refractivity contribution < 1.29 is 9.84 Å². The Morgan fingerprint density at radius 2 is 2.12 bits per heavy atom. The van der Waals surface area contributed by atoms with Crippen LogP contribution in [0.1, 0.15) is 25.5 Å². The minimum absolute atomic E-state index is 0.151. The molecular formula is C12H18ClNO2. The third-order valence-electron chi connectivity index (χ3n) is 2.40. The van der Waals surface area contributed by atoms with Crippen LogP contribution in [0, 0.1) is 0 Å². The lowest BCUT2D eigenvalue weighted by Crippen LogP contribution is -2.27. The van der Waals surface area contributed by atoms with Gasteiger partial charge in [0.05, 0.1) is 18.2 Å². The predicted octanol–water partition coefficient (Wildman–Crippen LogP) is 2.38. The molecule has 3 nitrogen and oxygen atoms in total. The van der Waals surface area contributed by atoms with Crippen LogP contribution in [0.15, 0.2) is 18.2 Å². The second kappa shape index (κ2) is 6.09. The number of aliphatic hydroxyl groups excluding tert-OH is 1. The fraction of sp³-hybridized carbons (Fsp3) is 0.500. The largest absolute Gasteiger partial charge is 0.495 e. The molecule has 0 aromatic heterocycles. The van der Waals surface area contributed by atoms with Crippen molar-refractivity contribution >= 4 is 11.6 Å². The van der Waals surface area contributed by atoms with Gasteiger partial charge in [-0.05, 0) is 31.5 Å². The Morgan fingerprint density at radius 3 is 2.62 bits per heavy atom. The van der Waals surface area contributed by atoms with Crippen molar-refractivity contribution in [3.8, 4) is 5.75 Å². The highest BCUT2D eigenvalue weighted by Crippen LogP contribution is 2.27. The highest BCUT2D eigenvalue weighted by Gasteiger charge is 2.08. The van der Waals surface area contributed by atoms with E-state index in [1.165, 1.54) is 0 Å². The molecule has 0 aliphatic carbocycles. The molecule has 0 saturated heterocycles. The lowest BCUT2D eigenvalue weighted by molar-refractivity contribution is 0.187. The molecule has 0 radical (unpaired) electrons. The molecule has 0 saturated carbocycles. The van der Waals surface area contributed by atoms with E-state index in [0.717, 1.165) is 5.56 Å². The van der Waals surface area contributed by atoms with Gasteiger partial charge in [-0.2, -0.15) is 0 Å². The second-order valence-electron chi connectivity index (χ2n) is 3.87. The molecule has 0 aliphatic rings. The molecule has 1 unspecified atom stereocenters. The molecule has 0 bridgehead atoms. The number of hydrogen-bond donors (Lipinski definition) is 2. The topological polar surface area (TPSA) is 41.5 Å². The van der Waals surface area contributed by atoms with Crippen molar-refractivity contribution in [2.24, 2.45) is 0 Å². The molecule has 0 heterocycles.